The van der Waals surface area contributed by atoms with Crippen LogP contribution in [0.3, 0.4) is 0 Å². The summed E-state index contributed by atoms with van der Waals surface area (Å²) in [6, 6.07) is 0. The SMILES string of the molecule is C=C/C=C(\C=C)COC(=O)N1CCCC(C(N)=O)C1. The molecule has 0 aromatic carbocycles. The second-order valence-corrected chi connectivity index (χ2v) is 4.42. The number of piperidine rings is 1. The third kappa shape index (κ3) is 4.62. The van der Waals surface area contributed by atoms with E-state index in [-0.39, 0.29) is 18.4 Å². The van der Waals surface area contributed by atoms with Gasteiger partial charge in [-0.3, -0.25) is 4.79 Å². The fraction of sp³-hybridized carbons (Fsp3) is 0.429. The van der Waals surface area contributed by atoms with Crippen molar-refractivity contribution in [3.63, 3.8) is 0 Å². The number of carbonyl (C=O) groups is 2. The Kier molecular flexibility index (Phi) is 5.85. The van der Waals surface area contributed by atoms with Gasteiger partial charge < -0.3 is 15.4 Å². The van der Waals surface area contributed by atoms with Crippen LogP contribution in [-0.2, 0) is 9.53 Å². The smallest absolute Gasteiger partial charge is 0.410 e. The molecular weight excluding hydrogens is 244 g/mol. The molecule has 19 heavy (non-hydrogen) atoms. The number of hydrogen-bond acceptors (Lipinski definition) is 3. The summed E-state index contributed by atoms with van der Waals surface area (Å²) in [5, 5.41) is 0. The number of hydrogen-bond donors (Lipinski definition) is 1. The van der Waals surface area contributed by atoms with Crippen molar-refractivity contribution in [3.8, 4) is 0 Å². The van der Waals surface area contributed by atoms with E-state index < -0.39 is 6.09 Å². The zero-order valence-corrected chi connectivity index (χ0v) is 11.0. The first-order chi connectivity index (χ1) is 9.08. The summed E-state index contributed by atoms with van der Waals surface area (Å²) in [6.07, 6.45) is 6.00. The van der Waals surface area contributed by atoms with Gasteiger partial charge in [-0.15, -0.1) is 0 Å². The monoisotopic (exact) mass is 264 g/mol. The molecule has 0 bridgehead atoms. The molecule has 0 aliphatic carbocycles. The highest BCUT2D eigenvalue weighted by Gasteiger charge is 2.27. The van der Waals surface area contributed by atoms with Crippen LogP contribution in [0.4, 0.5) is 4.79 Å². The standard InChI is InChI=1S/C14H20N2O3/c1-3-6-11(4-2)10-19-14(18)16-8-5-7-12(9-16)13(15)17/h3-4,6,12H,1-2,5,7-10H2,(H2,15,17)/b11-6+. The quantitative estimate of drug-likeness (QED) is 0.767. The fourth-order valence-electron chi connectivity index (χ4n) is 1.94. The van der Waals surface area contributed by atoms with Crippen LogP contribution < -0.4 is 5.73 Å². The summed E-state index contributed by atoms with van der Waals surface area (Å²) in [4.78, 5) is 24.5. The lowest BCUT2D eigenvalue weighted by Gasteiger charge is -2.30. The average Bonchev–Trinajstić information content (AvgIpc) is 2.43. The van der Waals surface area contributed by atoms with Gasteiger partial charge in [0.2, 0.25) is 5.91 Å². The Morgan fingerprint density at radius 2 is 2.16 bits per heavy atom. The largest absolute Gasteiger partial charge is 0.445 e. The molecule has 2 N–H and O–H groups in total. The van der Waals surface area contributed by atoms with Gasteiger partial charge in [0, 0.05) is 13.1 Å². The molecule has 1 heterocycles. The lowest BCUT2D eigenvalue weighted by molar-refractivity contribution is -0.123. The topological polar surface area (TPSA) is 72.6 Å². The third-order valence-electron chi connectivity index (χ3n) is 3.04. The molecule has 5 nitrogen and oxygen atoms in total. The molecule has 0 spiro atoms. The minimum atomic E-state index is -0.428. The van der Waals surface area contributed by atoms with E-state index >= 15 is 0 Å². The van der Waals surface area contributed by atoms with E-state index in [0.717, 1.165) is 18.4 Å². The lowest BCUT2D eigenvalue weighted by Crippen LogP contribution is -2.44. The minimum Gasteiger partial charge on any atom is -0.445 e. The first kappa shape index (κ1) is 15.0. The predicted octanol–water partition coefficient (Wildman–Crippen LogP) is 1.62. The maximum absolute atomic E-state index is 11.9. The summed E-state index contributed by atoms with van der Waals surface area (Å²) in [5.74, 6) is -0.639. The lowest BCUT2D eigenvalue weighted by atomic mass is 9.98. The molecule has 0 aromatic heterocycles. The Morgan fingerprint density at radius 1 is 1.42 bits per heavy atom. The number of allylic oxidation sites excluding steroid dienone is 2. The van der Waals surface area contributed by atoms with Crippen molar-refractivity contribution in [1.29, 1.82) is 0 Å². The second-order valence-electron chi connectivity index (χ2n) is 4.42. The zero-order valence-electron chi connectivity index (χ0n) is 11.0. The summed E-state index contributed by atoms with van der Waals surface area (Å²) >= 11 is 0. The summed E-state index contributed by atoms with van der Waals surface area (Å²) in [5.41, 5.74) is 6.03. The number of rotatable bonds is 5. The Hall–Kier alpha value is -2.04. The van der Waals surface area contributed by atoms with Crippen LogP contribution in [0, 0.1) is 5.92 Å². The van der Waals surface area contributed by atoms with Gasteiger partial charge in [-0.2, -0.15) is 0 Å². The third-order valence-corrected chi connectivity index (χ3v) is 3.04. The van der Waals surface area contributed by atoms with Gasteiger partial charge in [0.15, 0.2) is 0 Å². The van der Waals surface area contributed by atoms with Gasteiger partial charge in [-0.25, -0.2) is 4.79 Å². The van der Waals surface area contributed by atoms with Crippen molar-refractivity contribution >= 4 is 12.0 Å². The van der Waals surface area contributed by atoms with Crippen LogP contribution in [0.25, 0.3) is 0 Å². The first-order valence-electron chi connectivity index (χ1n) is 6.23. The molecule has 1 unspecified atom stereocenters. The number of ether oxygens (including phenoxy) is 1. The number of carbonyl (C=O) groups excluding carboxylic acids is 2. The van der Waals surface area contributed by atoms with E-state index in [1.165, 1.54) is 4.90 Å². The average molecular weight is 264 g/mol. The van der Waals surface area contributed by atoms with Gasteiger partial charge in [-0.1, -0.05) is 31.4 Å². The van der Waals surface area contributed by atoms with Gasteiger partial charge in [-0.05, 0) is 18.4 Å². The van der Waals surface area contributed by atoms with Crippen molar-refractivity contribution in [2.45, 2.75) is 12.8 Å². The highest BCUT2D eigenvalue weighted by Crippen LogP contribution is 2.16. The zero-order chi connectivity index (χ0) is 14.3. The molecule has 0 aromatic rings. The van der Waals surface area contributed by atoms with Crippen LogP contribution >= 0.6 is 0 Å². The summed E-state index contributed by atoms with van der Waals surface area (Å²) in [6.45, 7) is 8.27. The normalized spacial score (nSPS) is 19.7. The molecule has 2 amide bonds. The summed E-state index contributed by atoms with van der Waals surface area (Å²) in [7, 11) is 0. The molecule has 104 valence electrons. The molecule has 1 saturated heterocycles. The van der Waals surface area contributed by atoms with E-state index in [9.17, 15) is 9.59 Å². The molecule has 1 fully saturated rings. The Bertz CT molecular complexity index is 401. The second kappa shape index (κ2) is 7.41. The fourth-order valence-corrected chi connectivity index (χ4v) is 1.94. The van der Waals surface area contributed by atoms with E-state index in [1.807, 2.05) is 0 Å². The number of nitrogens with zero attached hydrogens (tertiary/aromatic N) is 1. The van der Waals surface area contributed by atoms with Crippen molar-refractivity contribution in [3.05, 3.63) is 37.0 Å². The number of likely N-dealkylation sites (tertiary alicyclic amines) is 1. The summed E-state index contributed by atoms with van der Waals surface area (Å²) < 4.78 is 5.16. The van der Waals surface area contributed by atoms with Crippen LogP contribution in [0.1, 0.15) is 12.8 Å². The minimum absolute atomic E-state index is 0.145. The molecule has 1 rings (SSSR count). The van der Waals surface area contributed by atoms with Crippen molar-refractivity contribution in [2.24, 2.45) is 11.7 Å². The highest BCUT2D eigenvalue weighted by molar-refractivity contribution is 5.78. The van der Waals surface area contributed by atoms with E-state index in [2.05, 4.69) is 13.2 Å². The van der Waals surface area contributed by atoms with E-state index in [4.69, 9.17) is 10.5 Å². The van der Waals surface area contributed by atoms with Crippen LogP contribution in [0.5, 0.6) is 0 Å². The van der Waals surface area contributed by atoms with E-state index in [0.29, 0.717) is 13.1 Å². The van der Waals surface area contributed by atoms with Gasteiger partial charge in [0.05, 0.1) is 5.92 Å². The molecule has 0 saturated carbocycles. The number of amides is 2. The number of primary amides is 1. The molecule has 1 aliphatic rings. The van der Waals surface area contributed by atoms with Crippen LogP contribution in [-0.4, -0.2) is 36.6 Å². The molecule has 5 heteroatoms. The Labute approximate surface area is 113 Å². The Morgan fingerprint density at radius 3 is 2.74 bits per heavy atom. The molecule has 0 radical (unpaired) electrons. The maximum atomic E-state index is 11.9. The van der Waals surface area contributed by atoms with Crippen molar-refractivity contribution in [1.82, 2.24) is 4.90 Å². The molecule has 1 aliphatic heterocycles. The first-order valence-corrected chi connectivity index (χ1v) is 6.23. The van der Waals surface area contributed by atoms with Gasteiger partial charge >= 0.3 is 6.09 Å². The van der Waals surface area contributed by atoms with Gasteiger partial charge in [0.1, 0.15) is 6.61 Å². The Balaban J connectivity index is 2.49. The highest BCUT2D eigenvalue weighted by atomic mass is 16.6. The maximum Gasteiger partial charge on any atom is 0.410 e. The molecule has 1 atom stereocenters. The number of nitrogens with two attached hydrogens (primary N) is 1. The molecular formula is C14H20N2O3. The predicted molar refractivity (Wildman–Crippen MR) is 73.3 cm³/mol. The van der Waals surface area contributed by atoms with E-state index in [1.54, 1.807) is 18.2 Å². The van der Waals surface area contributed by atoms with Gasteiger partial charge in [0.25, 0.3) is 0 Å². The van der Waals surface area contributed by atoms with Crippen molar-refractivity contribution < 1.29 is 14.3 Å². The van der Waals surface area contributed by atoms with Crippen LogP contribution in [0.15, 0.2) is 37.0 Å². The van der Waals surface area contributed by atoms with Crippen LogP contribution in [0.2, 0.25) is 0 Å². The van der Waals surface area contributed by atoms with Crippen molar-refractivity contribution in [2.75, 3.05) is 19.7 Å².